The fourth-order valence-corrected chi connectivity index (χ4v) is 2.92. The summed E-state index contributed by atoms with van der Waals surface area (Å²) in [6.45, 7) is 9.58. The van der Waals surface area contributed by atoms with E-state index in [0.29, 0.717) is 24.4 Å². The first-order valence-corrected chi connectivity index (χ1v) is 9.80. The van der Waals surface area contributed by atoms with Gasteiger partial charge in [-0.05, 0) is 37.7 Å². The maximum absolute atomic E-state index is 10.8. The third-order valence-electron chi connectivity index (χ3n) is 4.71. The smallest absolute Gasteiger partial charge is 0.269 e. The van der Waals surface area contributed by atoms with Crippen molar-refractivity contribution in [3.8, 4) is 0 Å². The summed E-state index contributed by atoms with van der Waals surface area (Å²) in [7, 11) is 0. The molecule has 1 heterocycles. The molecular formula is C20H32N4O3. The highest BCUT2D eigenvalue weighted by Gasteiger charge is 2.16. The van der Waals surface area contributed by atoms with Gasteiger partial charge in [0, 0.05) is 37.2 Å². The Labute approximate surface area is 161 Å². The Balaban J connectivity index is 1.95. The number of guanidine groups is 1. The van der Waals surface area contributed by atoms with E-state index in [4.69, 9.17) is 4.74 Å². The van der Waals surface area contributed by atoms with Gasteiger partial charge in [0.05, 0.1) is 18.1 Å². The number of nitrogens with zero attached hydrogens (tertiary/aromatic N) is 2. The third-order valence-corrected chi connectivity index (χ3v) is 4.71. The first-order valence-electron chi connectivity index (χ1n) is 9.80. The zero-order chi connectivity index (χ0) is 19.6. The molecule has 1 aliphatic heterocycles. The summed E-state index contributed by atoms with van der Waals surface area (Å²) in [4.78, 5) is 15.1. The van der Waals surface area contributed by atoms with E-state index in [1.807, 2.05) is 0 Å². The SMILES string of the molecule is CC(C)CCC(C)NC(=NCc1ccc([N+](=O)[O-])cc1)NCC1CCOC1. The Morgan fingerprint density at radius 2 is 2.04 bits per heavy atom. The lowest BCUT2D eigenvalue weighted by molar-refractivity contribution is -0.384. The molecule has 0 spiro atoms. The molecule has 0 radical (unpaired) electrons. The second-order valence-electron chi connectivity index (χ2n) is 7.72. The van der Waals surface area contributed by atoms with E-state index in [1.165, 1.54) is 18.6 Å². The first kappa shape index (κ1) is 21.2. The van der Waals surface area contributed by atoms with Crippen molar-refractivity contribution in [2.45, 2.75) is 52.6 Å². The fourth-order valence-electron chi connectivity index (χ4n) is 2.92. The standard InChI is InChI=1S/C20H32N4O3/c1-15(2)4-5-16(3)23-20(22-13-18-10-11-27-14-18)21-12-17-6-8-19(9-7-17)24(25)26/h6-9,15-16,18H,4-5,10-14H2,1-3H3,(H2,21,22,23). The van der Waals surface area contributed by atoms with Crippen LogP contribution in [0.5, 0.6) is 0 Å². The number of hydrogen-bond acceptors (Lipinski definition) is 4. The fraction of sp³-hybridized carbons (Fsp3) is 0.650. The van der Waals surface area contributed by atoms with Crippen LogP contribution in [-0.4, -0.2) is 36.7 Å². The van der Waals surface area contributed by atoms with Crippen LogP contribution >= 0.6 is 0 Å². The van der Waals surface area contributed by atoms with Crippen LogP contribution < -0.4 is 10.6 Å². The molecule has 0 aliphatic carbocycles. The lowest BCUT2D eigenvalue weighted by Crippen LogP contribution is -2.44. The Bertz CT molecular complexity index is 610. The molecule has 1 aliphatic rings. The van der Waals surface area contributed by atoms with E-state index in [-0.39, 0.29) is 10.6 Å². The molecular weight excluding hydrogens is 344 g/mol. The van der Waals surface area contributed by atoms with E-state index in [1.54, 1.807) is 12.1 Å². The molecule has 1 fully saturated rings. The van der Waals surface area contributed by atoms with E-state index in [9.17, 15) is 10.1 Å². The molecule has 7 nitrogen and oxygen atoms in total. The zero-order valence-electron chi connectivity index (χ0n) is 16.6. The number of rotatable bonds is 9. The van der Waals surface area contributed by atoms with Gasteiger partial charge >= 0.3 is 0 Å². The van der Waals surface area contributed by atoms with Crippen LogP contribution in [0.4, 0.5) is 5.69 Å². The number of hydrogen-bond donors (Lipinski definition) is 2. The molecule has 150 valence electrons. The van der Waals surface area contributed by atoms with Crippen molar-refractivity contribution < 1.29 is 9.66 Å². The highest BCUT2D eigenvalue weighted by molar-refractivity contribution is 5.80. The quantitative estimate of drug-likeness (QED) is 0.298. The van der Waals surface area contributed by atoms with Crippen molar-refractivity contribution in [3.05, 3.63) is 39.9 Å². The molecule has 1 saturated heterocycles. The Morgan fingerprint density at radius 1 is 1.30 bits per heavy atom. The van der Waals surface area contributed by atoms with Crippen molar-refractivity contribution in [1.29, 1.82) is 0 Å². The largest absolute Gasteiger partial charge is 0.381 e. The maximum Gasteiger partial charge on any atom is 0.269 e. The molecule has 0 aromatic heterocycles. The van der Waals surface area contributed by atoms with Gasteiger partial charge in [0.25, 0.3) is 5.69 Å². The molecule has 2 unspecified atom stereocenters. The summed E-state index contributed by atoms with van der Waals surface area (Å²) >= 11 is 0. The first-order chi connectivity index (χ1) is 12.9. The predicted molar refractivity (Wildman–Crippen MR) is 108 cm³/mol. The van der Waals surface area contributed by atoms with Crippen molar-refractivity contribution in [1.82, 2.24) is 10.6 Å². The normalized spacial score (nSPS) is 18.5. The average molecular weight is 377 g/mol. The Hall–Kier alpha value is -2.15. The summed E-state index contributed by atoms with van der Waals surface area (Å²) in [5.74, 6) is 1.98. The lowest BCUT2D eigenvalue weighted by Gasteiger charge is -2.20. The summed E-state index contributed by atoms with van der Waals surface area (Å²) in [6, 6.07) is 6.88. The van der Waals surface area contributed by atoms with Crippen LogP contribution in [-0.2, 0) is 11.3 Å². The van der Waals surface area contributed by atoms with Gasteiger partial charge in [-0.2, -0.15) is 0 Å². The second-order valence-corrected chi connectivity index (χ2v) is 7.72. The van der Waals surface area contributed by atoms with E-state index in [2.05, 4.69) is 36.4 Å². The lowest BCUT2D eigenvalue weighted by atomic mass is 10.0. The van der Waals surface area contributed by atoms with E-state index >= 15 is 0 Å². The van der Waals surface area contributed by atoms with Gasteiger partial charge in [-0.1, -0.05) is 26.0 Å². The molecule has 0 saturated carbocycles. The summed E-state index contributed by atoms with van der Waals surface area (Å²) in [6.07, 6.45) is 3.33. The molecule has 0 amide bonds. The van der Waals surface area contributed by atoms with E-state index < -0.39 is 0 Å². The number of benzene rings is 1. The number of ether oxygens (including phenoxy) is 1. The summed E-state index contributed by atoms with van der Waals surface area (Å²) in [5, 5.41) is 17.7. The van der Waals surface area contributed by atoms with Crippen molar-refractivity contribution in [3.63, 3.8) is 0 Å². The molecule has 27 heavy (non-hydrogen) atoms. The highest BCUT2D eigenvalue weighted by atomic mass is 16.6. The number of aliphatic imine (C=N–C) groups is 1. The number of nitro benzene ring substituents is 1. The minimum Gasteiger partial charge on any atom is -0.381 e. The molecule has 0 bridgehead atoms. The van der Waals surface area contributed by atoms with Crippen LogP contribution in [0.2, 0.25) is 0 Å². The monoisotopic (exact) mass is 376 g/mol. The van der Waals surface area contributed by atoms with Gasteiger partial charge in [0.1, 0.15) is 0 Å². The molecule has 1 aromatic rings. The van der Waals surface area contributed by atoms with Crippen molar-refractivity contribution in [2.24, 2.45) is 16.8 Å². The predicted octanol–water partition coefficient (Wildman–Crippen LogP) is 3.49. The number of non-ortho nitro benzene ring substituents is 1. The van der Waals surface area contributed by atoms with E-state index in [0.717, 1.165) is 44.1 Å². The average Bonchev–Trinajstić information content (AvgIpc) is 3.16. The van der Waals surface area contributed by atoms with Crippen molar-refractivity contribution >= 4 is 11.6 Å². The minimum atomic E-state index is -0.387. The van der Waals surface area contributed by atoms with Crippen LogP contribution in [0.1, 0.15) is 45.6 Å². The Kier molecular flexibility index (Phi) is 8.51. The summed E-state index contributed by atoms with van der Waals surface area (Å²) < 4.78 is 5.44. The summed E-state index contributed by atoms with van der Waals surface area (Å²) in [5.41, 5.74) is 1.04. The van der Waals surface area contributed by atoms with Gasteiger partial charge in [-0.25, -0.2) is 4.99 Å². The molecule has 1 aromatic carbocycles. The van der Waals surface area contributed by atoms with Crippen LogP contribution in [0.25, 0.3) is 0 Å². The minimum absolute atomic E-state index is 0.0998. The Morgan fingerprint density at radius 3 is 2.63 bits per heavy atom. The molecule has 7 heteroatoms. The van der Waals surface area contributed by atoms with Gasteiger partial charge in [0.2, 0.25) is 0 Å². The maximum atomic E-state index is 10.8. The second kappa shape index (κ2) is 10.9. The molecule has 2 rings (SSSR count). The van der Waals surface area contributed by atoms with Gasteiger partial charge in [-0.15, -0.1) is 0 Å². The van der Waals surface area contributed by atoms with Gasteiger partial charge in [-0.3, -0.25) is 10.1 Å². The van der Waals surface area contributed by atoms with Gasteiger partial charge in [0.15, 0.2) is 5.96 Å². The third kappa shape index (κ3) is 7.95. The van der Waals surface area contributed by atoms with Gasteiger partial charge < -0.3 is 15.4 Å². The zero-order valence-corrected chi connectivity index (χ0v) is 16.6. The van der Waals surface area contributed by atoms with Crippen molar-refractivity contribution in [2.75, 3.05) is 19.8 Å². The van der Waals surface area contributed by atoms with Crippen LogP contribution in [0, 0.1) is 22.0 Å². The highest BCUT2D eigenvalue weighted by Crippen LogP contribution is 2.13. The molecule has 2 N–H and O–H groups in total. The number of nitro groups is 1. The van der Waals surface area contributed by atoms with Crippen LogP contribution in [0.15, 0.2) is 29.3 Å². The number of nitrogens with one attached hydrogen (secondary N) is 2. The topological polar surface area (TPSA) is 88.8 Å². The molecule has 2 atom stereocenters. The van der Waals surface area contributed by atoms with Crippen LogP contribution in [0.3, 0.4) is 0 Å².